The molecule has 0 rings (SSSR count). The lowest BCUT2D eigenvalue weighted by Gasteiger charge is -2.13. The first kappa shape index (κ1) is 17.1. The van der Waals surface area contributed by atoms with Gasteiger partial charge in [-0.15, -0.1) is 12.4 Å². The first-order chi connectivity index (χ1) is 6.60. The Hall–Kier alpha value is -0.280. The molecular formula is C11H25ClN2O. The molecule has 0 aromatic carbocycles. The molecule has 3 nitrogen and oxygen atoms in total. The summed E-state index contributed by atoms with van der Waals surface area (Å²) in [5.41, 5.74) is 5.57. The van der Waals surface area contributed by atoms with E-state index in [-0.39, 0.29) is 24.4 Å². The third kappa shape index (κ3) is 10.0. The third-order valence-electron chi connectivity index (χ3n) is 2.57. The van der Waals surface area contributed by atoms with Crippen molar-refractivity contribution in [3.05, 3.63) is 0 Å². The van der Waals surface area contributed by atoms with Crippen molar-refractivity contribution >= 4 is 18.3 Å². The third-order valence-corrected chi connectivity index (χ3v) is 2.57. The van der Waals surface area contributed by atoms with Crippen molar-refractivity contribution < 1.29 is 4.79 Å². The molecule has 3 N–H and O–H groups in total. The fourth-order valence-electron chi connectivity index (χ4n) is 1.28. The number of rotatable bonds is 7. The van der Waals surface area contributed by atoms with E-state index in [1.165, 1.54) is 0 Å². The Kier molecular flexibility index (Phi) is 11.7. The van der Waals surface area contributed by atoms with Crippen LogP contribution in [0, 0.1) is 5.92 Å². The van der Waals surface area contributed by atoms with Crippen LogP contribution in [0.5, 0.6) is 0 Å². The predicted octanol–water partition coefficient (Wildman–Crippen LogP) is 2.09. The maximum atomic E-state index is 11.3. The van der Waals surface area contributed by atoms with Crippen molar-refractivity contribution in [3.8, 4) is 0 Å². The highest BCUT2D eigenvalue weighted by Crippen LogP contribution is 2.05. The van der Waals surface area contributed by atoms with E-state index in [4.69, 9.17) is 5.73 Å². The van der Waals surface area contributed by atoms with Crippen molar-refractivity contribution in [1.82, 2.24) is 5.32 Å². The van der Waals surface area contributed by atoms with Crippen LogP contribution in [-0.4, -0.2) is 18.5 Å². The first-order valence-electron chi connectivity index (χ1n) is 5.62. The molecule has 0 aromatic heterocycles. The van der Waals surface area contributed by atoms with Gasteiger partial charge in [0.15, 0.2) is 0 Å². The van der Waals surface area contributed by atoms with Crippen LogP contribution >= 0.6 is 12.4 Å². The lowest BCUT2D eigenvalue weighted by Crippen LogP contribution is -2.30. The van der Waals surface area contributed by atoms with E-state index in [0.29, 0.717) is 12.3 Å². The molecule has 0 saturated carbocycles. The van der Waals surface area contributed by atoms with Gasteiger partial charge >= 0.3 is 0 Å². The van der Waals surface area contributed by atoms with Crippen LogP contribution in [0.25, 0.3) is 0 Å². The van der Waals surface area contributed by atoms with E-state index < -0.39 is 0 Å². The van der Waals surface area contributed by atoms with E-state index in [2.05, 4.69) is 19.2 Å². The van der Waals surface area contributed by atoms with Gasteiger partial charge in [0, 0.05) is 19.0 Å². The van der Waals surface area contributed by atoms with Crippen LogP contribution in [0.3, 0.4) is 0 Å². The van der Waals surface area contributed by atoms with Crippen molar-refractivity contribution in [2.24, 2.45) is 11.7 Å². The van der Waals surface area contributed by atoms with E-state index in [1.807, 2.05) is 6.92 Å². The van der Waals surface area contributed by atoms with Gasteiger partial charge in [0.2, 0.25) is 5.91 Å². The van der Waals surface area contributed by atoms with Crippen LogP contribution < -0.4 is 11.1 Å². The zero-order chi connectivity index (χ0) is 11.0. The van der Waals surface area contributed by atoms with Gasteiger partial charge in [0.05, 0.1) is 0 Å². The quantitative estimate of drug-likeness (QED) is 0.711. The average molecular weight is 237 g/mol. The summed E-state index contributed by atoms with van der Waals surface area (Å²) in [5.74, 6) is 0.753. The average Bonchev–Trinajstić information content (AvgIpc) is 2.16. The lowest BCUT2D eigenvalue weighted by atomic mass is 10.0. The molecule has 0 heterocycles. The fraction of sp³-hybridized carbons (Fsp3) is 0.909. The van der Waals surface area contributed by atoms with E-state index in [9.17, 15) is 4.79 Å². The topological polar surface area (TPSA) is 55.1 Å². The summed E-state index contributed by atoms with van der Waals surface area (Å²) in [6, 6.07) is 0.119. The van der Waals surface area contributed by atoms with Gasteiger partial charge in [-0.1, -0.05) is 26.7 Å². The highest BCUT2D eigenvalue weighted by atomic mass is 35.5. The number of hydrogen-bond acceptors (Lipinski definition) is 2. The molecule has 4 heteroatoms. The largest absolute Gasteiger partial charge is 0.356 e. The van der Waals surface area contributed by atoms with Gasteiger partial charge < -0.3 is 11.1 Å². The van der Waals surface area contributed by atoms with Crippen molar-refractivity contribution in [2.75, 3.05) is 6.54 Å². The number of carbonyl (C=O) groups excluding carboxylic acids is 1. The molecule has 0 aliphatic carbocycles. The van der Waals surface area contributed by atoms with Crippen molar-refractivity contribution in [2.45, 2.75) is 52.5 Å². The highest BCUT2D eigenvalue weighted by Gasteiger charge is 2.06. The first-order valence-corrected chi connectivity index (χ1v) is 5.62. The van der Waals surface area contributed by atoms with Crippen LogP contribution in [0.2, 0.25) is 0 Å². The maximum Gasteiger partial charge on any atom is 0.220 e. The van der Waals surface area contributed by atoms with Crippen LogP contribution in [0.15, 0.2) is 0 Å². The van der Waals surface area contributed by atoms with Gasteiger partial charge in [0.25, 0.3) is 0 Å². The number of nitrogens with one attached hydrogen (secondary N) is 1. The molecule has 0 bridgehead atoms. The Labute approximate surface area is 99.6 Å². The van der Waals surface area contributed by atoms with E-state index in [1.54, 1.807) is 0 Å². The monoisotopic (exact) mass is 236 g/mol. The fourth-order valence-corrected chi connectivity index (χ4v) is 1.28. The van der Waals surface area contributed by atoms with Crippen LogP contribution in [0.4, 0.5) is 0 Å². The molecule has 15 heavy (non-hydrogen) atoms. The Bertz CT molecular complexity index is 159. The maximum absolute atomic E-state index is 11.3. The number of hydrogen-bond donors (Lipinski definition) is 2. The SMILES string of the molecule is CCC(CC)CNC(=O)CCC(C)N.Cl. The summed E-state index contributed by atoms with van der Waals surface area (Å²) in [6.07, 6.45) is 3.58. The molecular weight excluding hydrogens is 212 g/mol. The Balaban J connectivity index is 0. The summed E-state index contributed by atoms with van der Waals surface area (Å²) < 4.78 is 0. The second-order valence-corrected chi connectivity index (χ2v) is 4.00. The molecule has 0 radical (unpaired) electrons. The predicted molar refractivity (Wildman–Crippen MR) is 67.2 cm³/mol. The normalized spacial score (nSPS) is 12.1. The smallest absolute Gasteiger partial charge is 0.220 e. The molecule has 0 spiro atoms. The van der Waals surface area contributed by atoms with Gasteiger partial charge in [-0.2, -0.15) is 0 Å². The van der Waals surface area contributed by atoms with Crippen LogP contribution in [-0.2, 0) is 4.79 Å². The highest BCUT2D eigenvalue weighted by molar-refractivity contribution is 5.85. The van der Waals surface area contributed by atoms with Gasteiger partial charge in [0.1, 0.15) is 0 Å². The molecule has 0 fully saturated rings. The summed E-state index contributed by atoms with van der Waals surface area (Å²) in [4.78, 5) is 11.3. The zero-order valence-corrected chi connectivity index (χ0v) is 10.9. The summed E-state index contributed by atoms with van der Waals surface area (Å²) >= 11 is 0. The summed E-state index contributed by atoms with van der Waals surface area (Å²) in [5, 5.41) is 2.95. The second kappa shape index (κ2) is 10.2. The van der Waals surface area contributed by atoms with Crippen molar-refractivity contribution in [1.29, 1.82) is 0 Å². The molecule has 1 unspecified atom stereocenters. The standard InChI is InChI=1S/C11H24N2O.ClH/c1-4-10(5-2)8-13-11(14)7-6-9(3)12;/h9-10H,4-8,12H2,1-3H3,(H,13,14);1H. The summed E-state index contributed by atoms with van der Waals surface area (Å²) in [7, 11) is 0. The molecule has 0 aliphatic rings. The molecule has 92 valence electrons. The second-order valence-electron chi connectivity index (χ2n) is 4.00. The minimum Gasteiger partial charge on any atom is -0.356 e. The molecule has 1 atom stereocenters. The zero-order valence-electron chi connectivity index (χ0n) is 10.1. The molecule has 0 aliphatic heterocycles. The van der Waals surface area contributed by atoms with Crippen molar-refractivity contribution in [3.63, 3.8) is 0 Å². The summed E-state index contributed by atoms with van der Waals surface area (Å²) in [6.45, 7) is 7.05. The minimum atomic E-state index is 0. The Morgan fingerprint density at radius 1 is 1.33 bits per heavy atom. The molecule has 0 aromatic rings. The van der Waals surface area contributed by atoms with E-state index >= 15 is 0 Å². The van der Waals surface area contributed by atoms with E-state index in [0.717, 1.165) is 25.8 Å². The Morgan fingerprint density at radius 3 is 2.27 bits per heavy atom. The van der Waals surface area contributed by atoms with Gasteiger partial charge in [-0.25, -0.2) is 0 Å². The van der Waals surface area contributed by atoms with Gasteiger partial charge in [-0.3, -0.25) is 4.79 Å². The Morgan fingerprint density at radius 2 is 1.87 bits per heavy atom. The van der Waals surface area contributed by atoms with Gasteiger partial charge in [-0.05, 0) is 19.3 Å². The molecule has 0 saturated heterocycles. The number of carbonyl (C=O) groups is 1. The number of halogens is 1. The number of amides is 1. The molecule has 1 amide bonds. The minimum absolute atomic E-state index is 0. The van der Waals surface area contributed by atoms with Crippen LogP contribution in [0.1, 0.15) is 46.5 Å². The lowest BCUT2D eigenvalue weighted by molar-refractivity contribution is -0.121. The number of nitrogens with two attached hydrogens (primary N) is 1.